The third-order valence-corrected chi connectivity index (χ3v) is 3.74. The van der Waals surface area contributed by atoms with Crippen LogP contribution in [0.2, 0.25) is 0 Å². The van der Waals surface area contributed by atoms with Gasteiger partial charge in [-0.1, -0.05) is 17.3 Å². The molecule has 1 amide bonds. The minimum Gasteiger partial charge on any atom is -0.409 e. The number of hydrogen-bond donors (Lipinski definition) is 2. The van der Waals surface area contributed by atoms with Gasteiger partial charge in [0.2, 0.25) is 0 Å². The maximum Gasteiger partial charge on any atom is 0.264 e. The predicted octanol–water partition coefficient (Wildman–Crippen LogP) is 1.92. The Kier molecular flexibility index (Phi) is 5.28. The number of carbonyl (C=O) groups is 1. The fraction of sp³-hybridized carbons (Fsp3) is 0.214. The summed E-state index contributed by atoms with van der Waals surface area (Å²) in [6, 6.07) is 7.36. The first-order valence-corrected chi connectivity index (χ1v) is 7.26. The fourth-order valence-electron chi connectivity index (χ4n) is 1.82. The second kappa shape index (κ2) is 7.39. The van der Waals surface area contributed by atoms with Crippen LogP contribution in [0.15, 0.2) is 47.2 Å². The van der Waals surface area contributed by atoms with Gasteiger partial charge >= 0.3 is 0 Å². The van der Waals surface area contributed by atoms with Crippen LogP contribution >= 0.6 is 11.3 Å². The van der Waals surface area contributed by atoms with Crippen molar-refractivity contribution in [2.75, 3.05) is 6.54 Å². The molecule has 0 aromatic carbocycles. The van der Waals surface area contributed by atoms with Crippen molar-refractivity contribution in [3.05, 3.63) is 52.5 Å². The summed E-state index contributed by atoms with van der Waals surface area (Å²) in [5.41, 5.74) is 6.42. The van der Waals surface area contributed by atoms with E-state index in [2.05, 4.69) is 10.1 Å². The standard InChI is InChI=1S/C14H16N4O2S/c15-13(17-20)5-7-18(10-11-3-1-6-16-9-11)14(19)12-4-2-8-21-12/h1-4,6,8-9,20H,5,7,10H2,(H2,15,17). The summed E-state index contributed by atoms with van der Waals surface area (Å²) < 4.78 is 0. The maximum absolute atomic E-state index is 12.5. The van der Waals surface area contributed by atoms with Crippen LogP contribution in [0.5, 0.6) is 0 Å². The molecule has 0 saturated carbocycles. The van der Waals surface area contributed by atoms with E-state index in [1.165, 1.54) is 11.3 Å². The number of thiophene rings is 1. The van der Waals surface area contributed by atoms with Gasteiger partial charge in [0, 0.05) is 31.9 Å². The van der Waals surface area contributed by atoms with E-state index >= 15 is 0 Å². The Morgan fingerprint density at radius 3 is 2.90 bits per heavy atom. The fourth-order valence-corrected chi connectivity index (χ4v) is 2.51. The molecule has 0 spiro atoms. The molecule has 7 heteroatoms. The average molecular weight is 304 g/mol. The summed E-state index contributed by atoms with van der Waals surface area (Å²) in [6.45, 7) is 0.810. The highest BCUT2D eigenvalue weighted by molar-refractivity contribution is 7.12. The number of carbonyl (C=O) groups excluding carboxylic acids is 1. The first kappa shape index (κ1) is 15.0. The van der Waals surface area contributed by atoms with Crippen LogP contribution in [-0.4, -0.2) is 33.4 Å². The topological polar surface area (TPSA) is 91.8 Å². The molecule has 0 aliphatic rings. The van der Waals surface area contributed by atoms with Crippen LogP contribution in [-0.2, 0) is 6.54 Å². The molecule has 0 fully saturated rings. The highest BCUT2D eigenvalue weighted by atomic mass is 32.1. The van der Waals surface area contributed by atoms with Crippen molar-refractivity contribution < 1.29 is 10.0 Å². The van der Waals surface area contributed by atoms with Gasteiger partial charge < -0.3 is 15.8 Å². The van der Waals surface area contributed by atoms with Crippen LogP contribution in [0.1, 0.15) is 21.7 Å². The smallest absolute Gasteiger partial charge is 0.264 e. The molecule has 0 aliphatic heterocycles. The predicted molar refractivity (Wildman–Crippen MR) is 81.3 cm³/mol. The van der Waals surface area contributed by atoms with Crippen molar-refractivity contribution in [1.82, 2.24) is 9.88 Å². The summed E-state index contributed by atoms with van der Waals surface area (Å²) in [6.07, 6.45) is 3.72. The molecule has 0 radical (unpaired) electrons. The van der Waals surface area contributed by atoms with Crippen molar-refractivity contribution in [3.63, 3.8) is 0 Å². The van der Waals surface area contributed by atoms with Crippen LogP contribution in [0.4, 0.5) is 0 Å². The molecular formula is C14H16N4O2S. The molecule has 6 nitrogen and oxygen atoms in total. The Balaban J connectivity index is 2.12. The summed E-state index contributed by atoms with van der Waals surface area (Å²) >= 11 is 1.39. The lowest BCUT2D eigenvalue weighted by Crippen LogP contribution is -2.33. The van der Waals surface area contributed by atoms with Gasteiger partial charge in [-0.05, 0) is 23.1 Å². The van der Waals surface area contributed by atoms with E-state index < -0.39 is 0 Å². The number of oxime groups is 1. The zero-order valence-electron chi connectivity index (χ0n) is 11.3. The first-order chi connectivity index (χ1) is 10.2. The van der Waals surface area contributed by atoms with Gasteiger partial charge in [0.25, 0.3) is 5.91 Å². The molecule has 2 aromatic heterocycles. The van der Waals surface area contributed by atoms with Crippen molar-refractivity contribution in [2.45, 2.75) is 13.0 Å². The average Bonchev–Trinajstić information content (AvgIpc) is 3.05. The van der Waals surface area contributed by atoms with E-state index in [-0.39, 0.29) is 11.7 Å². The Bertz CT molecular complexity index is 599. The van der Waals surface area contributed by atoms with E-state index in [0.29, 0.717) is 24.4 Å². The van der Waals surface area contributed by atoms with E-state index in [9.17, 15) is 4.79 Å². The number of hydrogen-bond acceptors (Lipinski definition) is 5. The Hall–Kier alpha value is -2.41. The molecule has 3 N–H and O–H groups in total. The Morgan fingerprint density at radius 1 is 1.43 bits per heavy atom. The van der Waals surface area contributed by atoms with Gasteiger partial charge in [-0.25, -0.2) is 0 Å². The van der Waals surface area contributed by atoms with Gasteiger partial charge in [0.05, 0.1) is 4.88 Å². The molecule has 0 saturated heterocycles. The number of aromatic nitrogens is 1. The molecule has 21 heavy (non-hydrogen) atoms. The number of nitrogens with two attached hydrogens (primary N) is 1. The number of rotatable bonds is 6. The molecular weight excluding hydrogens is 288 g/mol. The number of amides is 1. The molecule has 2 aromatic rings. The molecule has 110 valence electrons. The van der Waals surface area contributed by atoms with Crippen molar-refractivity contribution >= 4 is 23.1 Å². The third-order valence-electron chi connectivity index (χ3n) is 2.88. The SMILES string of the molecule is N/C(CCN(Cc1cccnc1)C(=O)c1cccs1)=N/O. The highest BCUT2D eigenvalue weighted by Gasteiger charge is 2.17. The summed E-state index contributed by atoms with van der Waals surface area (Å²) in [5, 5.41) is 13.4. The molecule has 2 rings (SSSR count). The van der Waals surface area contributed by atoms with Gasteiger partial charge in [-0.15, -0.1) is 11.3 Å². The zero-order valence-corrected chi connectivity index (χ0v) is 12.2. The lowest BCUT2D eigenvalue weighted by Gasteiger charge is -2.21. The van der Waals surface area contributed by atoms with E-state index in [0.717, 1.165) is 5.56 Å². The number of amidine groups is 1. The van der Waals surface area contributed by atoms with E-state index in [1.54, 1.807) is 23.4 Å². The lowest BCUT2D eigenvalue weighted by molar-refractivity contribution is 0.0752. The maximum atomic E-state index is 12.5. The minimum absolute atomic E-state index is 0.0698. The summed E-state index contributed by atoms with van der Waals surface area (Å²) in [4.78, 5) is 18.9. The van der Waals surface area contributed by atoms with Crippen LogP contribution in [0.3, 0.4) is 0 Å². The quantitative estimate of drug-likeness (QED) is 0.369. The second-order valence-corrected chi connectivity index (χ2v) is 5.35. The van der Waals surface area contributed by atoms with Crippen LogP contribution in [0, 0.1) is 0 Å². The van der Waals surface area contributed by atoms with Gasteiger partial charge in [-0.2, -0.15) is 0 Å². The summed E-state index contributed by atoms with van der Waals surface area (Å²) in [7, 11) is 0. The first-order valence-electron chi connectivity index (χ1n) is 6.39. The largest absolute Gasteiger partial charge is 0.409 e. The van der Waals surface area contributed by atoms with Gasteiger partial charge in [0.1, 0.15) is 5.84 Å². The lowest BCUT2D eigenvalue weighted by atomic mass is 10.2. The minimum atomic E-state index is -0.0698. The van der Waals surface area contributed by atoms with Gasteiger partial charge in [-0.3, -0.25) is 9.78 Å². The molecule has 2 heterocycles. The highest BCUT2D eigenvalue weighted by Crippen LogP contribution is 2.14. The van der Waals surface area contributed by atoms with E-state index in [4.69, 9.17) is 10.9 Å². The Labute approximate surface area is 126 Å². The monoisotopic (exact) mass is 304 g/mol. The van der Waals surface area contributed by atoms with Crippen molar-refractivity contribution in [1.29, 1.82) is 0 Å². The molecule has 0 bridgehead atoms. The normalized spacial score (nSPS) is 11.3. The van der Waals surface area contributed by atoms with Crippen molar-refractivity contribution in [2.24, 2.45) is 10.9 Å². The zero-order chi connectivity index (χ0) is 15.1. The number of pyridine rings is 1. The van der Waals surface area contributed by atoms with Crippen molar-refractivity contribution in [3.8, 4) is 0 Å². The molecule has 0 unspecified atom stereocenters. The Morgan fingerprint density at radius 2 is 2.29 bits per heavy atom. The molecule has 0 aliphatic carbocycles. The number of nitrogens with zero attached hydrogens (tertiary/aromatic N) is 3. The second-order valence-electron chi connectivity index (χ2n) is 4.41. The van der Waals surface area contributed by atoms with Crippen LogP contribution < -0.4 is 5.73 Å². The third kappa shape index (κ3) is 4.28. The van der Waals surface area contributed by atoms with Crippen LogP contribution in [0.25, 0.3) is 0 Å². The van der Waals surface area contributed by atoms with Gasteiger partial charge in [0.15, 0.2) is 0 Å². The summed E-state index contributed by atoms with van der Waals surface area (Å²) in [5.74, 6) is 0.0322. The van der Waals surface area contributed by atoms with E-state index in [1.807, 2.05) is 23.6 Å². The molecule has 0 atom stereocenters.